The number of amides is 4. The van der Waals surface area contributed by atoms with E-state index in [4.69, 9.17) is 0 Å². The van der Waals surface area contributed by atoms with Gasteiger partial charge in [-0.05, 0) is 42.9 Å². The van der Waals surface area contributed by atoms with Gasteiger partial charge in [-0.25, -0.2) is 0 Å². The maximum Gasteiger partial charge on any atom is 0.261 e. The zero-order valence-electron chi connectivity index (χ0n) is 18.2. The van der Waals surface area contributed by atoms with Crippen LogP contribution in [-0.4, -0.2) is 59.1 Å². The van der Waals surface area contributed by atoms with Crippen LogP contribution in [0.1, 0.15) is 78.0 Å². The van der Waals surface area contributed by atoms with Gasteiger partial charge in [0.25, 0.3) is 17.7 Å². The second kappa shape index (κ2) is 8.98. The average molecular weight is 414 g/mol. The number of hydrogen-bond donors (Lipinski definition) is 1. The second-order valence-electron chi connectivity index (χ2n) is 9.11. The topological polar surface area (TPSA) is 86.8 Å². The van der Waals surface area contributed by atoms with Crippen molar-refractivity contribution in [3.05, 3.63) is 34.9 Å². The summed E-state index contributed by atoms with van der Waals surface area (Å²) in [6, 6.07) is 4.85. The summed E-state index contributed by atoms with van der Waals surface area (Å²) >= 11 is 0. The molecular weight excluding hydrogens is 382 g/mol. The molecular formula is C23H31N3O4. The molecule has 1 aromatic carbocycles. The van der Waals surface area contributed by atoms with Crippen molar-refractivity contribution in [2.24, 2.45) is 11.8 Å². The highest BCUT2D eigenvalue weighted by Gasteiger charge is 2.36. The van der Waals surface area contributed by atoms with Crippen molar-refractivity contribution in [1.29, 1.82) is 0 Å². The van der Waals surface area contributed by atoms with E-state index >= 15 is 0 Å². The molecule has 2 aliphatic rings. The highest BCUT2D eigenvalue weighted by Crippen LogP contribution is 2.26. The van der Waals surface area contributed by atoms with Gasteiger partial charge in [0.1, 0.15) is 0 Å². The van der Waals surface area contributed by atoms with E-state index < -0.39 is 0 Å². The molecule has 7 heteroatoms. The van der Waals surface area contributed by atoms with Gasteiger partial charge in [-0.3, -0.25) is 24.1 Å². The fourth-order valence-corrected chi connectivity index (χ4v) is 4.02. The van der Waals surface area contributed by atoms with Crippen molar-refractivity contribution in [1.82, 2.24) is 15.1 Å². The highest BCUT2D eigenvalue weighted by molar-refractivity contribution is 6.22. The first kappa shape index (κ1) is 22.0. The third-order valence-corrected chi connectivity index (χ3v) is 5.51. The molecule has 0 spiro atoms. The Bertz CT molecular complexity index is 854. The van der Waals surface area contributed by atoms with Crippen LogP contribution < -0.4 is 5.32 Å². The Morgan fingerprint density at radius 1 is 1.00 bits per heavy atom. The lowest BCUT2D eigenvalue weighted by Crippen LogP contribution is -2.46. The quantitative estimate of drug-likeness (QED) is 0.727. The van der Waals surface area contributed by atoms with E-state index in [1.807, 2.05) is 27.7 Å². The summed E-state index contributed by atoms with van der Waals surface area (Å²) < 4.78 is 0. The SMILES string of the molecule is CC(C)CC(=O)NC1CCN(C(=O)c2ccc3c(c2)C(=O)N(CC(C)C)C3=O)CC1. The number of fused-ring (bicyclic) bond motifs is 1. The maximum atomic E-state index is 13.0. The molecule has 1 fully saturated rings. The maximum absolute atomic E-state index is 13.0. The number of benzene rings is 1. The van der Waals surface area contributed by atoms with Gasteiger partial charge in [0.05, 0.1) is 11.1 Å². The molecule has 0 unspecified atom stereocenters. The summed E-state index contributed by atoms with van der Waals surface area (Å²) in [5.41, 5.74) is 1.09. The van der Waals surface area contributed by atoms with Crippen LogP contribution in [0, 0.1) is 11.8 Å². The highest BCUT2D eigenvalue weighted by atomic mass is 16.2. The molecule has 3 rings (SSSR count). The van der Waals surface area contributed by atoms with Gasteiger partial charge in [0.2, 0.25) is 5.91 Å². The zero-order valence-corrected chi connectivity index (χ0v) is 18.2. The molecule has 4 amide bonds. The Morgan fingerprint density at radius 2 is 1.63 bits per heavy atom. The van der Waals surface area contributed by atoms with E-state index in [1.165, 1.54) is 4.90 Å². The number of nitrogens with one attached hydrogen (secondary N) is 1. The number of nitrogens with zero attached hydrogens (tertiary/aromatic N) is 2. The van der Waals surface area contributed by atoms with E-state index in [0.29, 0.717) is 61.5 Å². The first-order valence-electron chi connectivity index (χ1n) is 10.8. The Morgan fingerprint density at radius 3 is 2.23 bits per heavy atom. The molecule has 162 valence electrons. The van der Waals surface area contributed by atoms with Gasteiger partial charge in [-0.15, -0.1) is 0 Å². The summed E-state index contributed by atoms with van der Waals surface area (Å²) in [6.45, 7) is 9.39. The molecule has 1 N–H and O–H groups in total. The van der Waals surface area contributed by atoms with Gasteiger partial charge in [-0.2, -0.15) is 0 Å². The smallest absolute Gasteiger partial charge is 0.261 e. The van der Waals surface area contributed by atoms with Crippen LogP contribution in [0.3, 0.4) is 0 Å². The van der Waals surface area contributed by atoms with Crippen molar-refractivity contribution in [3.63, 3.8) is 0 Å². The van der Waals surface area contributed by atoms with Crippen LogP contribution in [0.15, 0.2) is 18.2 Å². The van der Waals surface area contributed by atoms with Gasteiger partial charge < -0.3 is 10.2 Å². The molecule has 1 saturated heterocycles. The lowest BCUT2D eigenvalue weighted by molar-refractivity contribution is -0.122. The lowest BCUT2D eigenvalue weighted by Gasteiger charge is -2.32. The number of piperidine rings is 1. The lowest BCUT2D eigenvalue weighted by atomic mass is 10.0. The summed E-state index contributed by atoms with van der Waals surface area (Å²) in [5.74, 6) is -0.214. The Labute approximate surface area is 177 Å². The van der Waals surface area contributed by atoms with Crippen LogP contribution >= 0.6 is 0 Å². The predicted molar refractivity (Wildman–Crippen MR) is 113 cm³/mol. The third-order valence-electron chi connectivity index (χ3n) is 5.51. The molecule has 0 atom stereocenters. The van der Waals surface area contributed by atoms with E-state index in [9.17, 15) is 19.2 Å². The number of hydrogen-bond acceptors (Lipinski definition) is 4. The number of imide groups is 1. The molecule has 0 bridgehead atoms. The van der Waals surface area contributed by atoms with Crippen molar-refractivity contribution >= 4 is 23.6 Å². The van der Waals surface area contributed by atoms with Crippen LogP contribution in [0.4, 0.5) is 0 Å². The minimum Gasteiger partial charge on any atom is -0.353 e. The van der Waals surface area contributed by atoms with Gasteiger partial charge in [0, 0.05) is 37.7 Å². The number of rotatable bonds is 6. The Hall–Kier alpha value is -2.70. The number of carbonyl (C=O) groups excluding carboxylic acids is 4. The third kappa shape index (κ3) is 4.71. The largest absolute Gasteiger partial charge is 0.353 e. The van der Waals surface area contributed by atoms with Gasteiger partial charge in [-0.1, -0.05) is 27.7 Å². The fourth-order valence-electron chi connectivity index (χ4n) is 4.02. The molecule has 2 heterocycles. The molecule has 2 aliphatic heterocycles. The predicted octanol–water partition coefficient (Wildman–Crippen LogP) is 2.71. The Kier molecular flexibility index (Phi) is 6.58. The minimum absolute atomic E-state index is 0.0579. The minimum atomic E-state index is -0.329. The van der Waals surface area contributed by atoms with Crippen molar-refractivity contribution in [2.75, 3.05) is 19.6 Å². The van der Waals surface area contributed by atoms with Gasteiger partial charge >= 0.3 is 0 Å². The molecule has 1 aromatic rings. The van der Waals surface area contributed by atoms with Crippen LogP contribution in [0.25, 0.3) is 0 Å². The normalized spacial score (nSPS) is 17.1. The number of likely N-dealkylation sites (tertiary alicyclic amines) is 1. The first-order chi connectivity index (χ1) is 14.2. The molecule has 0 aromatic heterocycles. The molecule has 0 radical (unpaired) electrons. The van der Waals surface area contributed by atoms with Crippen LogP contribution in [0.2, 0.25) is 0 Å². The average Bonchev–Trinajstić information content (AvgIpc) is 2.91. The summed E-state index contributed by atoms with van der Waals surface area (Å²) in [6.07, 6.45) is 1.93. The van der Waals surface area contributed by atoms with Crippen LogP contribution in [0.5, 0.6) is 0 Å². The fraction of sp³-hybridized carbons (Fsp3) is 0.565. The first-order valence-corrected chi connectivity index (χ1v) is 10.8. The summed E-state index contributed by atoms with van der Waals surface area (Å²) in [7, 11) is 0. The summed E-state index contributed by atoms with van der Waals surface area (Å²) in [4.78, 5) is 53.1. The van der Waals surface area contributed by atoms with Crippen molar-refractivity contribution in [2.45, 2.75) is 53.0 Å². The molecule has 0 saturated carbocycles. The van der Waals surface area contributed by atoms with Crippen molar-refractivity contribution < 1.29 is 19.2 Å². The van der Waals surface area contributed by atoms with E-state index in [-0.39, 0.29) is 35.6 Å². The number of carbonyl (C=O) groups is 4. The van der Waals surface area contributed by atoms with E-state index in [0.717, 1.165) is 0 Å². The Balaban J connectivity index is 1.63. The molecule has 30 heavy (non-hydrogen) atoms. The summed E-state index contributed by atoms with van der Waals surface area (Å²) in [5, 5.41) is 3.05. The second-order valence-corrected chi connectivity index (χ2v) is 9.11. The zero-order chi connectivity index (χ0) is 22.0. The van der Waals surface area contributed by atoms with E-state index in [2.05, 4.69) is 5.32 Å². The molecule has 7 nitrogen and oxygen atoms in total. The standard InChI is InChI=1S/C23H31N3O4/c1-14(2)11-20(27)24-17-7-9-25(10-8-17)21(28)16-5-6-18-19(12-16)23(30)26(22(18)29)13-15(3)4/h5-6,12,14-15,17H,7-11,13H2,1-4H3,(H,24,27). The molecule has 0 aliphatic carbocycles. The van der Waals surface area contributed by atoms with Crippen molar-refractivity contribution in [3.8, 4) is 0 Å². The van der Waals surface area contributed by atoms with Gasteiger partial charge in [0.15, 0.2) is 0 Å². The van der Waals surface area contributed by atoms with E-state index in [1.54, 1.807) is 23.1 Å². The monoisotopic (exact) mass is 413 g/mol. The van der Waals surface area contributed by atoms with Crippen LogP contribution in [-0.2, 0) is 4.79 Å².